The average Bonchev–Trinajstić information content (AvgIpc) is 1.65. The van der Waals surface area contributed by atoms with Crippen molar-refractivity contribution in [2.75, 3.05) is 13.7 Å². The predicted molar refractivity (Wildman–Crippen MR) is 43.8 cm³/mol. The molecule has 0 aliphatic rings. The molecule has 0 unspecified atom stereocenters. The molecule has 0 fully saturated rings. The average molecular weight is 145 g/mol. The Hall–Kier alpha value is -0.153. The maximum atomic E-state index is 8.77. The van der Waals surface area contributed by atoms with E-state index in [0.29, 0.717) is 0 Å². The van der Waals surface area contributed by atoms with Gasteiger partial charge in [0.1, 0.15) is 0 Å². The van der Waals surface area contributed by atoms with E-state index in [0.717, 1.165) is 5.33 Å². The fourth-order valence-electron chi connectivity index (χ4n) is 0.643. The Balaban J connectivity index is 4.14. The molecule has 0 bridgehead atoms. The van der Waals surface area contributed by atoms with Gasteiger partial charge in [-0.15, -0.1) is 0 Å². The van der Waals surface area contributed by atoms with Crippen LogP contribution in [0.1, 0.15) is 0 Å². The number of rotatable bonds is 2. The molecule has 0 amide bonds. The monoisotopic (exact) mass is 145 g/mol. The Bertz CT molecular complexity index is 115. The molecule has 0 saturated heterocycles. The number of aliphatic imine (C=N–C) groups is 1. The van der Waals surface area contributed by atoms with Gasteiger partial charge in [-0.2, -0.15) is 0 Å². The zero-order valence-electron chi connectivity index (χ0n) is 6.60. The summed E-state index contributed by atoms with van der Waals surface area (Å²) in [6.07, 6.45) is 0. The second-order valence-electron chi connectivity index (χ2n) is 3.08. The predicted octanol–water partition coefficient (Wildman–Crippen LogP) is 0.927. The highest BCUT2D eigenvalue weighted by Crippen LogP contribution is 2.02. The van der Waals surface area contributed by atoms with Crippen LogP contribution in [0.25, 0.3) is 0 Å². The fraction of sp³-hybridized carbons (Fsp3) is 0.833. The zero-order chi connectivity index (χ0) is 7.49. The van der Waals surface area contributed by atoms with Crippen molar-refractivity contribution in [2.24, 2.45) is 4.99 Å². The lowest BCUT2D eigenvalue weighted by atomic mass is 10.8. The first-order chi connectivity index (χ1) is 4.02. The van der Waals surface area contributed by atoms with E-state index in [-0.39, 0.29) is 6.61 Å². The molecular weight excluding hydrogens is 130 g/mol. The Labute approximate surface area is 57.6 Å². The van der Waals surface area contributed by atoms with E-state index in [1.807, 2.05) is 0 Å². The van der Waals surface area contributed by atoms with Gasteiger partial charge < -0.3 is 5.11 Å². The highest BCUT2D eigenvalue weighted by molar-refractivity contribution is 7.04. The highest BCUT2D eigenvalue weighted by Gasteiger charge is 2.19. The summed E-state index contributed by atoms with van der Waals surface area (Å²) in [5.41, 5.74) is 0. The fourth-order valence-corrected chi connectivity index (χ4v) is 1.79. The van der Waals surface area contributed by atoms with Gasteiger partial charge in [-0.1, -0.05) is 19.6 Å². The molecule has 0 radical (unpaired) electrons. The molecule has 0 aromatic rings. The van der Waals surface area contributed by atoms with Gasteiger partial charge >= 0.3 is 0 Å². The maximum Gasteiger partial charge on any atom is 0.0984 e. The highest BCUT2D eigenvalue weighted by atomic mass is 28.3. The van der Waals surface area contributed by atoms with Gasteiger partial charge in [-0.25, -0.2) is 0 Å². The lowest BCUT2D eigenvalue weighted by Gasteiger charge is -2.15. The van der Waals surface area contributed by atoms with Crippen LogP contribution in [-0.2, 0) is 0 Å². The van der Waals surface area contributed by atoms with Crippen molar-refractivity contribution in [1.82, 2.24) is 0 Å². The van der Waals surface area contributed by atoms with Crippen LogP contribution in [0.15, 0.2) is 4.99 Å². The summed E-state index contributed by atoms with van der Waals surface area (Å²) >= 11 is 0. The molecule has 9 heavy (non-hydrogen) atoms. The van der Waals surface area contributed by atoms with E-state index >= 15 is 0 Å². The van der Waals surface area contributed by atoms with Crippen LogP contribution in [0.4, 0.5) is 0 Å². The second kappa shape index (κ2) is 3.13. The quantitative estimate of drug-likeness (QED) is 0.455. The first kappa shape index (κ1) is 8.85. The van der Waals surface area contributed by atoms with E-state index in [2.05, 4.69) is 24.6 Å². The SMILES string of the molecule is CN=C(CO)[Si](C)(C)C. The van der Waals surface area contributed by atoms with Crippen molar-refractivity contribution in [3.63, 3.8) is 0 Å². The first-order valence-electron chi connectivity index (χ1n) is 3.09. The number of aliphatic hydroxyl groups is 1. The molecule has 0 atom stereocenters. The third-order valence-electron chi connectivity index (χ3n) is 1.29. The van der Waals surface area contributed by atoms with Gasteiger partial charge in [0.25, 0.3) is 0 Å². The van der Waals surface area contributed by atoms with Crippen molar-refractivity contribution in [3.8, 4) is 0 Å². The number of hydrogen-bond acceptors (Lipinski definition) is 2. The maximum absolute atomic E-state index is 8.77. The summed E-state index contributed by atoms with van der Waals surface area (Å²) in [6, 6.07) is 0. The lowest BCUT2D eigenvalue weighted by molar-refractivity contribution is 0.359. The van der Waals surface area contributed by atoms with E-state index in [1.54, 1.807) is 7.05 Å². The van der Waals surface area contributed by atoms with E-state index in [4.69, 9.17) is 5.11 Å². The van der Waals surface area contributed by atoms with Crippen LogP contribution in [0.5, 0.6) is 0 Å². The van der Waals surface area contributed by atoms with Crippen LogP contribution < -0.4 is 0 Å². The number of aliphatic hydroxyl groups excluding tert-OH is 1. The van der Waals surface area contributed by atoms with Crippen molar-refractivity contribution < 1.29 is 5.11 Å². The summed E-state index contributed by atoms with van der Waals surface area (Å²) in [6.45, 7) is 6.65. The Morgan fingerprint density at radius 1 is 1.44 bits per heavy atom. The van der Waals surface area contributed by atoms with E-state index in [9.17, 15) is 0 Å². The van der Waals surface area contributed by atoms with Gasteiger partial charge in [0.2, 0.25) is 0 Å². The Kier molecular flexibility index (Phi) is 3.07. The number of hydrogen-bond donors (Lipinski definition) is 1. The lowest BCUT2D eigenvalue weighted by Crippen LogP contribution is -2.35. The minimum Gasteiger partial charge on any atom is -0.391 e. The third-order valence-corrected chi connectivity index (χ3v) is 3.40. The minimum atomic E-state index is -1.29. The molecule has 54 valence electrons. The van der Waals surface area contributed by atoms with E-state index < -0.39 is 8.07 Å². The smallest absolute Gasteiger partial charge is 0.0984 e. The minimum absolute atomic E-state index is 0.131. The summed E-state index contributed by atoms with van der Waals surface area (Å²) in [5.74, 6) is 0. The normalized spacial score (nSPS) is 14.1. The van der Waals surface area contributed by atoms with Crippen LogP contribution in [-0.4, -0.2) is 32.2 Å². The summed E-state index contributed by atoms with van der Waals surface area (Å²) < 4.78 is 0. The van der Waals surface area contributed by atoms with Crippen molar-refractivity contribution in [2.45, 2.75) is 19.6 Å². The molecule has 0 saturated carbocycles. The summed E-state index contributed by atoms with van der Waals surface area (Å²) in [4.78, 5) is 4.01. The van der Waals surface area contributed by atoms with Gasteiger partial charge in [0, 0.05) is 12.4 Å². The standard InChI is InChI=1S/C6H15NOSi/c1-7-6(5-8)9(2,3)4/h8H,5H2,1-4H3. The molecular formula is C6H15NOSi. The van der Waals surface area contributed by atoms with Gasteiger partial charge in [0.15, 0.2) is 0 Å². The van der Waals surface area contributed by atoms with Gasteiger partial charge in [0.05, 0.1) is 14.7 Å². The second-order valence-corrected chi connectivity index (χ2v) is 8.16. The van der Waals surface area contributed by atoms with Crippen LogP contribution >= 0.6 is 0 Å². The Morgan fingerprint density at radius 3 is 1.89 bits per heavy atom. The Morgan fingerprint density at radius 2 is 1.89 bits per heavy atom. The molecule has 0 aliphatic heterocycles. The summed E-state index contributed by atoms with van der Waals surface area (Å²) in [5, 5.41) is 9.75. The van der Waals surface area contributed by atoms with Crippen molar-refractivity contribution in [1.29, 1.82) is 0 Å². The third kappa shape index (κ3) is 2.77. The van der Waals surface area contributed by atoms with E-state index in [1.165, 1.54) is 0 Å². The first-order valence-corrected chi connectivity index (χ1v) is 6.59. The van der Waals surface area contributed by atoms with Crippen molar-refractivity contribution in [3.05, 3.63) is 0 Å². The molecule has 0 aromatic carbocycles. The van der Waals surface area contributed by atoms with Gasteiger partial charge in [-0.3, -0.25) is 4.99 Å². The molecule has 0 rings (SSSR count). The van der Waals surface area contributed by atoms with Crippen LogP contribution in [0.2, 0.25) is 19.6 Å². The molecule has 0 spiro atoms. The molecule has 1 N–H and O–H groups in total. The molecule has 0 aromatic heterocycles. The molecule has 0 aliphatic carbocycles. The topological polar surface area (TPSA) is 32.6 Å². The van der Waals surface area contributed by atoms with Crippen molar-refractivity contribution >= 4 is 13.4 Å². The van der Waals surface area contributed by atoms with Gasteiger partial charge in [-0.05, 0) is 0 Å². The summed E-state index contributed by atoms with van der Waals surface area (Å²) in [7, 11) is 0.453. The largest absolute Gasteiger partial charge is 0.391 e. The molecule has 2 nitrogen and oxygen atoms in total. The zero-order valence-corrected chi connectivity index (χ0v) is 7.60. The molecule has 0 heterocycles. The van der Waals surface area contributed by atoms with Crippen LogP contribution in [0, 0.1) is 0 Å². The number of nitrogens with zero attached hydrogens (tertiary/aromatic N) is 1. The van der Waals surface area contributed by atoms with Crippen LogP contribution in [0.3, 0.4) is 0 Å². The molecule has 3 heteroatoms.